The average Bonchev–Trinajstić information content (AvgIpc) is 2.45. The fourth-order valence-electron chi connectivity index (χ4n) is 1.70. The van der Waals surface area contributed by atoms with Crippen LogP contribution in [0.5, 0.6) is 0 Å². The molecule has 0 aliphatic rings. The molecule has 0 unspecified atom stereocenters. The van der Waals surface area contributed by atoms with Gasteiger partial charge in [-0.15, -0.1) is 0 Å². The molecule has 2 aromatic rings. The second kappa shape index (κ2) is 6.13. The van der Waals surface area contributed by atoms with Crippen LogP contribution in [-0.4, -0.2) is 4.92 Å². The number of nitro groups is 1. The van der Waals surface area contributed by atoms with E-state index in [1.54, 1.807) is 6.07 Å². The Kier molecular flexibility index (Phi) is 4.46. The summed E-state index contributed by atoms with van der Waals surface area (Å²) in [5, 5.41) is 13.4. The molecule has 0 aromatic heterocycles. The standard InChI is InChI=1S/C13H8BrF3N2O2/c14-11-7(2-1-3-10(11)19(20)21)6-18-9-5-4-8(15)12(16)13(9)17/h1-5,18H,6H2. The predicted molar refractivity (Wildman–Crippen MR) is 74.4 cm³/mol. The van der Waals surface area contributed by atoms with Crippen LogP contribution in [0.1, 0.15) is 5.56 Å². The zero-order valence-electron chi connectivity index (χ0n) is 10.4. The van der Waals surface area contributed by atoms with E-state index >= 15 is 0 Å². The van der Waals surface area contributed by atoms with Gasteiger partial charge in [-0.3, -0.25) is 10.1 Å². The molecule has 0 aliphatic carbocycles. The number of rotatable bonds is 4. The van der Waals surface area contributed by atoms with Crippen molar-refractivity contribution in [1.82, 2.24) is 0 Å². The number of halogens is 4. The van der Waals surface area contributed by atoms with Crippen molar-refractivity contribution in [3.05, 3.63) is 67.9 Å². The monoisotopic (exact) mass is 360 g/mol. The summed E-state index contributed by atoms with van der Waals surface area (Å²) in [4.78, 5) is 10.2. The lowest BCUT2D eigenvalue weighted by Crippen LogP contribution is -2.05. The number of hydrogen-bond donors (Lipinski definition) is 1. The largest absolute Gasteiger partial charge is 0.378 e. The van der Waals surface area contributed by atoms with Crippen LogP contribution >= 0.6 is 15.9 Å². The average molecular weight is 361 g/mol. The van der Waals surface area contributed by atoms with E-state index < -0.39 is 22.4 Å². The van der Waals surface area contributed by atoms with E-state index in [1.807, 2.05) is 0 Å². The van der Waals surface area contributed by atoms with Crippen molar-refractivity contribution in [2.75, 3.05) is 5.32 Å². The van der Waals surface area contributed by atoms with Crippen LogP contribution in [0, 0.1) is 27.6 Å². The molecule has 0 saturated carbocycles. The molecule has 2 rings (SSSR count). The predicted octanol–water partition coefficient (Wildman–Crippen LogP) is 4.39. The molecule has 0 heterocycles. The van der Waals surface area contributed by atoms with Crippen LogP contribution < -0.4 is 5.32 Å². The number of nitrogens with zero attached hydrogens (tertiary/aromatic N) is 1. The first-order valence-electron chi connectivity index (χ1n) is 5.71. The molecule has 0 aliphatic heterocycles. The van der Waals surface area contributed by atoms with Gasteiger partial charge in [-0.25, -0.2) is 13.2 Å². The van der Waals surface area contributed by atoms with Gasteiger partial charge >= 0.3 is 0 Å². The molecule has 0 fully saturated rings. The smallest absolute Gasteiger partial charge is 0.283 e. The minimum Gasteiger partial charge on any atom is -0.378 e. The lowest BCUT2D eigenvalue weighted by Gasteiger charge is -2.10. The maximum absolute atomic E-state index is 13.5. The maximum Gasteiger partial charge on any atom is 0.283 e. The van der Waals surface area contributed by atoms with Crippen LogP contribution in [0.15, 0.2) is 34.8 Å². The Morgan fingerprint density at radius 1 is 1.14 bits per heavy atom. The highest BCUT2D eigenvalue weighted by molar-refractivity contribution is 9.10. The zero-order valence-corrected chi connectivity index (χ0v) is 12.0. The summed E-state index contributed by atoms with van der Waals surface area (Å²) in [5.41, 5.74) is 0.112. The first kappa shape index (κ1) is 15.3. The molecule has 110 valence electrons. The molecule has 2 aromatic carbocycles. The van der Waals surface area contributed by atoms with E-state index in [0.29, 0.717) is 5.56 Å². The minimum atomic E-state index is -1.57. The second-order valence-corrected chi connectivity index (χ2v) is 4.88. The fraction of sp³-hybridized carbons (Fsp3) is 0.0769. The Hall–Kier alpha value is -2.09. The van der Waals surface area contributed by atoms with Crippen molar-refractivity contribution in [1.29, 1.82) is 0 Å². The molecule has 8 heteroatoms. The van der Waals surface area contributed by atoms with Crippen molar-refractivity contribution < 1.29 is 18.1 Å². The SMILES string of the molecule is O=[N+]([O-])c1cccc(CNc2ccc(F)c(F)c2F)c1Br. The van der Waals surface area contributed by atoms with Gasteiger partial charge in [-0.2, -0.15) is 0 Å². The normalized spacial score (nSPS) is 10.5. The topological polar surface area (TPSA) is 55.2 Å². The second-order valence-electron chi connectivity index (χ2n) is 4.08. The first-order chi connectivity index (χ1) is 9.91. The highest BCUT2D eigenvalue weighted by atomic mass is 79.9. The van der Waals surface area contributed by atoms with E-state index in [9.17, 15) is 23.3 Å². The summed E-state index contributed by atoms with van der Waals surface area (Å²) in [6.07, 6.45) is 0. The van der Waals surface area contributed by atoms with Crippen LogP contribution in [0.3, 0.4) is 0 Å². The Bertz CT molecular complexity index is 710. The lowest BCUT2D eigenvalue weighted by molar-refractivity contribution is -0.385. The molecular weight excluding hydrogens is 353 g/mol. The van der Waals surface area contributed by atoms with E-state index in [0.717, 1.165) is 12.1 Å². The fourth-order valence-corrected chi connectivity index (χ4v) is 2.25. The summed E-state index contributed by atoms with van der Waals surface area (Å²) >= 11 is 3.09. The Morgan fingerprint density at radius 3 is 2.52 bits per heavy atom. The molecule has 4 nitrogen and oxygen atoms in total. The van der Waals surface area contributed by atoms with Gasteiger partial charge in [0.1, 0.15) is 4.47 Å². The number of nitrogens with one attached hydrogen (secondary N) is 1. The molecule has 0 bridgehead atoms. The highest BCUT2D eigenvalue weighted by Gasteiger charge is 2.16. The third-order valence-electron chi connectivity index (χ3n) is 2.76. The first-order valence-corrected chi connectivity index (χ1v) is 6.50. The van der Waals surface area contributed by atoms with Gasteiger partial charge < -0.3 is 5.32 Å². The van der Waals surface area contributed by atoms with Crippen molar-refractivity contribution in [2.45, 2.75) is 6.54 Å². The van der Waals surface area contributed by atoms with Gasteiger partial charge in [0.05, 0.1) is 10.6 Å². The minimum absolute atomic E-state index is 0.00422. The molecule has 0 atom stereocenters. The molecule has 0 amide bonds. The molecule has 0 radical (unpaired) electrons. The Labute approximate surface area is 125 Å². The van der Waals surface area contributed by atoms with E-state index in [2.05, 4.69) is 21.2 Å². The van der Waals surface area contributed by atoms with Gasteiger partial charge in [-0.1, -0.05) is 12.1 Å². The van der Waals surface area contributed by atoms with Crippen molar-refractivity contribution in [2.24, 2.45) is 0 Å². The third-order valence-corrected chi connectivity index (χ3v) is 3.68. The van der Waals surface area contributed by atoms with E-state index in [-0.39, 0.29) is 22.4 Å². The highest BCUT2D eigenvalue weighted by Crippen LogP contribution is 2.29. The van der Waals surface area contributed by atoms with Crippen LogP contribution in [0.25, 0.3) is 0 Å². The van der Waals surface area contributed by atoms with Gasteiger partial charge in [0.25, 0.3) is 5.69 Å². The number of hydrogen-bond acceptors (Lipinski definition) is 3. The molecule has 1 N–H and O–H groups in total. The Balaban J connectivity index is 2.23. The summed E-state index contributed by atoms with van der Waals surface area (Å²) < 4.78 is 39.6. The van der Waals surface area contributed by atoms with Gasteiger partial charge in [-0.05, 0) is 33.6 Å². The van der Waals surface area contributed by atoms with Crippen LogP contribution in [-0.2, 0) is 6.54 Å². The van der Waals surface area contributed by atoms with Crippen molar-refractivity contribution >= 4 is 27.3 Å². The third kappa shape index (κ3) is 3.15. The van der Waals surface area contributed by atoms with Crippen LogP contribution in [0.2, 0.25) is 0 Å². The molecular formula is C13H8BrF3N2O2. The quantitative estimate of drug-likeness (QED) is 0.499. The molecule has 0 spiro atoms. The summed E-state index contributed by atoms with van der Waals surface area (Å²) in [6, 6.07) is 6.22. The number of anilines is 1. The maximum atomic E-state index is 13.5. The van der Waals surface area contributed by atoms with E-state index in [4.69, 9.17) is 0 Å². The van der Waals surface area contributed by atoms with Gasteiger partial charge in [0.15, 0.2) is 17.5 Å². The van der Waals surface area contributed by atoms with Gasteiger partial charge in [0, 0.05) is 12.6 Å². The van der Waals surface area contributed by atoms with Crippen molar-refractivity contribution in [3.63, 3.8) is 0 Å². The zero-order chi connectivity index (χ0) is 15.6. The number of nitro benzene ring substituents is 1. The lowest BCUT2D eigenvalue weighted by atomic mass is 10.2. The van der Waals surface area contributed by atoms with Crippen molar-refractivity contribution in [3.8, 4) is 0 Å². The summed E-state index contributed by atoms with van der Waals surface area (Å²) in [5.74, 6) is -4.19. The van der Waals surface area contributed by atoms with Crippen LogP contribution in [0.4, 0.5) is 24.5 Å². The van der Waals surface area contributed by atoms with Gasteiger partial charge in [0.2, 0.25) is 0 Å². The number of benzene rings is 2. The summed E-state index contributed by atoms with van der Waals surface area (Å²) in [7, 11) is 0. The molecule has 21 heavy (non-hydrogen) atoms. The Morgan fingerprint density at radius 2 is 1.86 bits per heavy atom. The summed E-state index contributed by atoms with van der Waals surface area (Å²) in [6.45, 7) is 0.00422. The molecule has 0 saturated heterocycles. The van der Waals surface area contributed by atoms with E-state index in [1.165, 1.54) is 12.1 Å².